The number of carbonyl (C=O) groups excluding carboxylic acids is 1. The highest BCUT2D eigenvalue weighted by atomic mass is 32.1. The van der Waals surface area contributed by atoms with Crippen LogP contribution >= 0.6 is 11.5 Å². The first-order valence-electron chi connectivity index (χ1n) is 7.51. The van der Waals surface area contributed by atoms with Gasteiger partial charge in [-0.3, -0.25) is 4.79 Å². The second-order valence-corrected chi connectivity index (χ2v) is 6.41. The lowest BCUT2D eigenvalue weighted by atomic mass is 9.89. The lowest BCUT2D eigenvalue weighted by Crippen LogP contribution is -2.44. The molecular formula is C14H21N3O3S. The lowest BCUT2D eigenvalue weighted by molar-refractivity contribution is -0.182. The zero-order valence-electron chi connectivity index (χ0n) is 12.5. The van der Waals surface area contributed by atoms with Crippen molar-refractivity contribution in [2.45, 2.75) is 50.9 Å². The quantitative estimate of drug-likeness (QED) is 0.852. The molecule has 1 saturated carbocycles. The fourth-order valence-corrected chi connectivity index (χ4v) is 3.88. The van der Waals surface area contributed by atoms with E-state index in [1.807, 2.05) is 18.9 Å². The van der Waals surface area contributed by atoms with Crippen molar-refractivity contribution in [1.82, 2.24) is 14.5 Å². The van der Waals surface area contributed by atoms with Crippen molar-refractivity contribution < 1.29 is 14.3 Å². The predicted molar refractivity (Wildman–Crippen MR) is 78.3 cm³/mol. The van der Waals surface area contributed by atoms with E-state index in [0.29, 0.717) is 18.1 Å². The summed E-state index contributed by atoms with van der Waals surface area (Å²) in [6.07, 6.45) is 4.28. The molecule has 1 aliphatic carbocycles. The third-order valence-corrected chi connectivity index (χ3v) is 5.24. The van der Waals surface area contributed by atoms with Crippen LogP contribution in [0.3, 0.4) is 0 Å². The molecule has 0 aromatic carbocycles. The number of ether oxygens (including phenoxy) is 2. The first kappa shape index (κ1) is 14.9. The molecule has 1 aromatic heterocycles. The van der Waals surface area contributed by atoms with E-state index in [1.165, 1.54) is 11.5 Å². The highest BCUT2D eigenvalue weighted by Crippen LogP contribution is 2.37. The Balaban J connectivity index is 1.63. The number of aryl methyl sites for hydroxylation is 1. The van der Waals surface area contributed by atoms with E-state index in [1.54, 1.807) is 0 Å². The Morgan fingerprint density at radius 3 is 2.67 bits per heavy atom. The molecule has 1 amide bonds. The summed E-state index contributed by atoms with van der Waals surface area (Å²) in [5, 5.41) is 4.02. The topological polar surface area (TPSA) is 64.6 Å². The van der Waals surface area contributed by atoms with Crippen molar-refractivity contribution in [1.29, 1.82) is 0 Å². The standard InChI is InChI=1S/C14H21N3O3S/c1-3-11-12(21-16-15-11)13(18)17(2)10-4-6-14(7-5-10)19-8-9-20-14/h10H,3-9H2,1-2H3. The molecule has 0 N–H and O–H groups in total. The van der Waals surface area contributed by atoms with Crippen LogP contribution in [-0.2, 0) is 15.9 Å². The van der Waals surface area contributed by atoms with Crippen molar-refractivity contribution in [3.8, 4) is 0 Å². The number of amides is 1. The fourth-order valence-electron chi connectivity index (χ4n) is 3.14. The van der Waals surface area contributed by atoms with Gasteiger partial charge in [0.15, 0.2) is 5.79 Å². The summed E-state index contributed by atoms with van der Waals surface area (Å²) in [4.78, 5) is 15.1. The first-order valence-corrected chi connectivity index (χ1v) is 8.29. The monoisotopic (exact) mass is 311 g/mol. The highest BCUT2D eigenvalue weighted by molar-refractivity contribution is 7.08. The normalized spacial score (nSPS) is 21.8. The van der Waals surface area contributed by atoms with Crippen LogP contribution in [0.1, 0.15) is 48.0 Å². The fraction of sp³-hybridized carbons (Fsp3) is 0.786. The molecule has 3 rings (SSSR count). The zero-order chi connectivity index (χ0) is 14.9. The summed E-state index contributed by atoms with van der Waals surface area (Å²) in [6, 6.07) is 0.239. The van der Waals surface area contributed by atoms with Gasteiger partial charge in [-0.05, 0) is 30.8 Å². The van der Waals surface area contributed by atoms with Crippen molar-refractivity contribution >= 4 is 17.4 Å². The van der Waals surface area contributed by atoms with Crippen LogP contribution in [0.2, 0.25) is 0 Å². The number of carbonyl (C=O) groups is 1. The summed E-state index contributed by atoms with van der Waals surface area (Å²) in [5.41, 5.74) is 0.798. The van der Waals surface area contributed by atoms with E-state index < -0.39 is 0 Å². The molecule has 6 nitrogen and oxygen atoms in total. The average Bonchev–Trinajstić information content (AvgIpc) is 3.16. The molecule has 0 bridgehead atoms. The van der Waals surface area contributed by atoms with E-state index in [4.69, 9.17) is 9.47 Å². The molecule has 0 unspecified atom stereocenters. The van der Waals surface area contributed by atoms with Gasteiger partial charge in [-0.1, -0.05) is 11.4 Å². The third-order valence-electron chi connectivity index (χ3n) is 4.48. The Morgan fingerprint density at radius 1 is 1.38 bits per heavy atom. The number of rotatable bonds is 3. The minimum absolute atomic E-state index is 0.0380. The van der Waals surface area contributed by atoms with Crippen molar-refractivity contribution in [3.05, 3.63) is 10.6 Å². The molecule has 1 spiro atoms. The maximum Gasteiger partial charge on any atom is 0.267 e. The third kappa shape index (κ3) is 2.82. The molecular weight excluding hydrogens is 290 g/mol. The summed E-state index contributed by atoms with van der Waals surface area (Å²) < 4.78 is 15.4. The molecule has 2 aliphatic rings. The van der Waals surface area contributed by atoms with Gasteiger partial charge in [-0.25, -0.2) is 0 Å². The molecule has 0 atom stereocenters. The molecule has 1 saturated heterocycles. The molecule has 2 heterocycles. The smallest absolute Gasteiger partial charge is 0.267 e. The van der Waals surface area contributed by atoms with Crippen LogP contribution in [0.5, 0.6) is 0 Å². The molecule has 2 fully saturated rings. The molecule has 1 aliphatic heterocycles. The Labute approximate surface area is 128 Å². The van der Waals surface area contributed by atoms with Gasteiger partial charge in [0.05, 0.1) is 18.9 Å². The Kier molecular flexibility index (Phi) is 4.24. The number of aromatic nitrogens is 2. The molecule has 7 heteroatoms. The maximum absolute atomic E-state index is 12.6. The molecule has 1 aromatic rings. The highest BCUT2D eigenvalue weighted by Gasteiger charge is 2.42. The Bertz CT molecular complexity index is 503. The van der Waals surface area contributed by atoms with Crippen LogP contribution in [0.25, 0.3) is 0 Å². The van der Waals surface area contributed by atoms with E-state index >= 15 is 0 Å². The van der Waals surface area contributed by atoms with E-state index in [9.17, 15) is 4.79 Å². The summed E-state index contributed by atoms with van der Waals surface area (Å²) in [5.74, 6) is -0.336. The van der Waals surface area contributed by atoms with Crippen LogP contribution in [-0.4, -0.2) is 52.5 Å². The lowest BCUT2D eigenvalue weighted by Gasteiger charge is -2.38. The summed E-state index contributed by atoms with van der Waals surface area (Å²) in [7, 11) is 1.88. The SMILES string of the molecule is CCc1nnsc1C(=O)N(C)C1CCC2(CC1)OCCO2. The van der Waals surface area contributed by atoms with Crippen LogP contribution in [0.4, 0.5) is 0 Å². The second kappa shape index (κ2) is 5.98. The van der Waals surface area contributed by atoms with E-state index in [-0.39, 0.29) is 17.7 Å². The molecule has 116 valence electrons. The Hall–Kier alpha value is -1.05. The van der Waals surface area contributed by atoms with Gasteiger partial charge in [0.25, 0.3) is 5.91 Å². The van der Waals surface area contributed by atoms with Crippen molar-refractivity contribution in [3.63, 3.8) is 0 Å². The average molecular weight is 311 g/mol. The first-order chi connectivity index (χ1) is 10.2. The molecule has 21 heavy (non-hydrogen) atoms. The summed E-state index contributed by atoms with van der Waals surface area (Å²) >= 11 is 1.19. The van der Waals surface area contributed by atoms with Crippen molar-refractivity contribution in [2.24, 2.45) is 0 Å². The summed E-state index contributed by atoms with van der Waals surface area (Å²) in [6.45, 7) is 3.37. The van der Waals surface area contributed by atoms with Gasteiger partial charge in [0.2, 0.25) is 0 Å². The zero-order valence-corrected chi connectivity index (χ0v) is 13.3. The number of nitrogens with zero attached hydrogens (tertiary/aromatic N) is 3. The van der Waals surface area contributed by atoms with Crippen LogP contribution in [0.15, 0.2) is 0 Å². The maximum atomic E-state index is 12.6. The van der Waals surface area contributed by atoms with Crippen LogP contribution in [0, 0.1) is 0 Å². The van der Waals surface area contributed by atoms with Gasteiger partial charge in [-0.2, -0.15) is 0 Å². The minimum Gasteiger partial charge on any atom is -0.348 e. The molecule has 0 radical (unpaired) electrons. The predicted octanol–water partition coefficient (Wildman–Crippen LogP) is 1.86. The second-order valence-electron chi connectivity index (χ2n) is 5.66. The van der Waals surface area contributed by atoms with Crippen molar-refractivity contribution in [2.75, 3.05) is 20.3 Å². The van der Waals surface area contributed by atoms with Gasteiger partial charge in [-0.15, -0.1) is 5.10 Å². The van der Waals surface area contributed by atoms with Gasteiger partial charge in [0, 0.05) is 25.9 Å². The number of hydrogen-bond acceptors (Lipinski definition) is 6. The largest absolute Gasteiger partial charge is 0.348 e. The van der Waals surface area contributed by atoms with Gasteiger partial charge in [0.1, 0.15) is 4.88 Å². The van der Waals surface area contributed by atoms with E-state index in [0.717, 1.165) is 37.8 Å². The van der Waals surface area contributed by atoms with Crippen LogP contribution < -0.4 is 0 Å². The Morgan fingerprint density at radius 2 is 2.05 bits per heavy atom. The van der Waals surface area contributed by atoms with E-state index in [2.05, 4.69) is 9.59 Å². The van der Waals surface area contributed by atoms with Gasteiger partial charge < -0.3 is 14.4 Å². The van der Waals surface area contributed by atoms with Gasteiger partial charge >= 0.3 is 0 Å². The number of hydrogen-bond donors (Lipinski definition) is 0. The minimum atomic E-state index is -0.374.